The first-order valence-electron chi connectivity index (χ1n) is 8.32. The number of para-hydroxylation sites is 2. The minimum absolute atomic E-state index is 0.0602. The number of aromatic nitrogens is 2. The van der Waals surface area contributed by atoms with Gasteiger partial charge in [0.1, 0.15) is 0 Å². The first-order chi connectivity index (χ1) is 12.9. The summed E-state index contributed by atoms with van der Waals surface area (Å²) in [5, 5.41) is 3.10. The van der Waals surface area contributed by atoms with Gasteiger partial charge in [-0.3, -0.25) is 4.79 Å². The van der Waals surface area contributed by atoms with Crippen LogP contribution >= 0.6 is 0 Å². The third-order valence-corrected chi connectivity index (χ3v) is 4.18. The number of anilines is 1. The maximum absolute atomic E-state index is 13.1. The monoisotopic (exact) mass is 377 g/mol. The van der Waals surface area contributed by atoms with Gasteiger partial charge in [-0.05, 0) is 36.2 Å². The van der Waals surface area contributed by atoms with Crippen molar-refractivity contribution in [1.29, 1.82) is 0 Å². The van der Waals surface area contributed by atoms with Gasteiger partial charge in [0.05, 0.1) is 29.7 Å². The third-order valence-electron chi connectivity index (χ3n) is 4.18. The second-order valence-electron chi connectivity index (χ2n) is 6.04. The number of carbonyl (C=O) groups excluding carboxylic acids is 1. The number of imidazole rings is 1. The fourth-order valence-electron chi connectivity index (χ4n) is 2.80. The SMILES string of the molecule is COC(=O)CCC(Nc1nc2ccccc2[nH]1)c1cccc(C(F)(F)F)c1. The number of methoxy groups -OCH3 is 1. The van der Waals surface area contributed by atoms with Crippen LogP contribution in [0.2, 0.25) is 0 Å². The number of fused-ring (bicyclic) bond motifs is 1. The Morgan fingerprint density at radius 2 is 2.00 bits per heavy atom. The number of ether oxygens (including phenoxy) is 1. The summed E-state index contributed by atoms with van der Waals surface area (Å²) in [4.78, 5) is 19.0. The number of H-pyrrole nitrogens is 1. The molecule has 1 unspecified atom stereocenters. The lowest BCUT2D eigenvalue weighted by molar-refractivity contribution is -0.141. The lowest BCUT2D eigenvalue weighted by atomic mass is 9.99. The maximum atomic E-state index is 13.1. The smallest absolute Gasteiger partial charge is 0.416 e. The van der Waals surface area contributed by atoms with E-state index in [-0.39, 0.29) is 12.8 Å². The Labute approximate surface area is 153 Å². The van der Waals surface area contributed by atoms with E-state index in [1.54, 1.807) is 6.07 Å². The van der Waals surface area contributed by atoms with E-state index in [0.717, 1.165) is 23.2 Å². The number of halogens is 3. The van der Waals surface area contributed by atoms with Crippen LogP contribution in [0.3, 0.4) is 0 Å². The molecule has 3 aromatic rings. The topological polar surface area (TPSA) is 67.0 Å². The number of carbonyl (C=O) groups is 1. The predicted molar refractivity (Wildman–Crippen MR) is 95.2 cm³/mol. The number of alkyl halides is 3. The molecule has 0 aliphatic heterocycles. The van der Waals surface area contributed by atoms with Crippen molar-refractivity contribution < 1.29 is 22.7 Å². The number of nitrogens with one attached hydrogen (secondary N) is 2. The van der Waals surface area contributed by atoms with Crippen LogP contribution < -0.4 is 5.32 Å². The van der Waals surface area contributed by atoms with Gasteiger partial charge >= 0.3 is 12.1 Å². The van der Waals surface area contributed by atoms with Crippen LogP contribution in [0.1, 0.15) is 30.0 Å². The molecule has 0 saturated heterocycles. The fourth-order valence-corrected chi connectivity index (χ4v) is 2.80. The van der Waals surface area contributed by atoms with E-state index in [1.807, 2.05) is 24.3 Å². The third kappa shape index (κ3) is 4.58. The molecular weight excluding hydrogens is 359 g/mol. The molecule has 0 fully saturated rings. The van der Waals surface area contributed by atoms with E-state index < -0.39 is 23.8 Å². The van der Waals surface area contributed by atoms with Gasteiger partial charge in [0.2, 0.25) is 5.95 Å². The minimum Gasteiger partial charge on any atom is -0.469 e. The van der Waals surface area contributed by atoms with Gasteiger partial charge in [-0.25, -0.2) is 4.98 Å². The summed E-state index contributed by atoms with van der Waals surface area (Å²) in [6.07, 6.45) is -4.13. The summed E-state index contributed by atoms with van der Waals surface area (Å²) < 4.78 is 43.8. The van der Waals surface area contributed by atoms with Crippen LogP contribution in [0.25, 0.3) is 11.0 Å². The van der Waals surface area contributed by atoms with Crippen LogP contribution in [0.5, 0.6) is 0 Å². The zero-order valence-corrected chi connectivity index (χ0v) is 14.5. The van der Waals surface area contributed by atoms with Gasteiger partial charge in [-0.15, -0.1) is 0 Å². The number of hydrogen-bond donors (Lipinski definition) is 2. The van der Waals surface area contributed by atoms with E-state index in [9.17, 15) is 18.0 Å². The Balaban J connectivity index is 1.89. The van der Waals surface area contributed by atoms with E-state index in [1.165, 1.54) is 13.2 Å². The highest BCUT2D eigenvalue weighted by Crippen LogP contribution is 2.32. The average Bonchev–Trinajstić information content (AvgIpc) is 3.06. The van der Waals surface area contributed by atoms with E-state index in [0.29, 0.717) is 11.5 Å². The fraction of sp³-hybridized carbons (Fsp3) is 0.263. The Morgan fingerprint density at radius 1 is 1.22 bits per heavy atom. The Kier molecular flexibility index (Phi) is 5.34. The van der Waals surface area contributed by atoms with E-state index in [2.05, 4.69) is 20.0 Å². The van der Waals surface area contributed by atoms with Gasteiger partial charge in [0, 0.05) is 6.42 Å². The molecule has 0 aliphatic rings. The zero-order valence-electron chi connectivity index (χ0n) is 14.5. The molecular formula is C19H18F3N3O2. The van der Waals surface area contributed by atoms with Crippen molar-refractivity contribution in [2.24, 2.45) is 0 Å². The lowest BCUT2D eigenvalue weighted by Crippen LogP contribution is -2.15. The number of aromatic amines is 1. The summed E-state index contributed by atoms with van der Waals surface area (Å²) in [5.41, 5.74) is 1.20. The van der Waals surface area contributed by atoms with E-state index >= 15 is 0 Å². The molecule has 2 N–H and O–H groups in total. The summed E-state index contributed by atoms with van der Waals surface area (Å²) >= 11 is 0. The van der Waals surface area contributed by atoms with Crippen LogP contribution in [0.15, 0.2) is 48.5 Å². The molecule has 0 radical (unpaired) electrons. The molecule has 0 spiro atoms. The molecule has 1 heterocycles. The molecule has 27 heavy (non-hydrogen) atoms. The van der Waals surface area contributed by atoms with Gasteiger partial charge in [-0.2, -0.15) is 13.2 Å². The summed E-state index contributed by atoms with van der Waals surface area (Å²) in [5.74, 6) is -0.0122. The summed E-state index contributed by atoms with van der Waals surface area (Å²) in [7, 11) is 1.27. The van der Waals surface area contributed by atoms with Crippen molar-refractivity contribution in [2.75, 3.05) is 12.4 Å². The first-order valence-corrected chi connectivity index (χ1v) is 8.32. The highest BCUT2D eigenvalue weighted by atomic mass is 19.4. The second kappa shape index (κ2) is 7.69. The largest absolute Gasteiger partial charge is 0.469 e. The van der Waals surface area contributed by atoms with Crippen LogP contribution in [0, 0.1) is 0 Å². The maximum Gasteiger partial charge on any atom is 0.416 e. The molecule has 2 aromatic carbocycles. The molecule has 0 saturated carbocycles. The van der Waals surface area contributed by atoms with Crippen molar-refractivity contribution in [3.8, 4) is 0 Å². The molecule has 5 nitrogen and oxygen atoms in total. The van der Waals surface area contributed by atoms with Gasteiger partial charge in [0.15, 0.2) is 0 Å². The molecule has 0 amide bonds. The quantitative estimate of drug-likeness (QED) is 0.612. The normalized spacial score (nSPS) is 12.7. The number of esters is 1. The van der Waals surface area contributed by atoms with Gasteiger partial charge in [0.25, 0.3) is 0 Å². The van der Waals surface area contributed by atoms with Gasteiger partial charge in [-0.1, -0.05) is 24.3 Å². The van der Waals surface area contributed by atoms with Crippen LogP contribution in [-0.4, -0.2) is 23.0 Å². The summed E-state index contributed by atoms with van der Waals surface area (Å²) in [6, 6.07) is 11.9. The lowest BCUT2D eigenvalue weighted by Gasteiger charge is -2.19. The average molecular weight is 377 g/mol. The minimum atomic E-state index is -4.44. The molecule has 0 bridgehead atoms. The molecule has 1 aromatic heterocycles. The van der Waals surface area contributed by atoms with Crippen molar-refractivity contribution in [3.63, 3.8) is 0 Å². The molecule has 0 aliphatic carbocycles. The highest BCUT2D eigenvalue weighted by molar-refractivity contribution is 5.77. The Morgan fingerprint density at radius 3 is 2.70 bits per heavy atom. The van der Waals surface area contributed by atoms with Crippen molar-refractivity contribution >= 4 is 23.0 Å². The van der Waals surface area contributed by atoms with Crippen molar-refractivity contribution in [3.05, 3.63) is 59.7 Å². The zero-order chi connectivity index (χ0) is 19.4. The standard InChI is InChI=1S/C19H18F3N3O2/c1-27-17(26)10-9-14(12-5-4-6-13(11-12)19(20,21)22)23-18-24-15-7-2-3-8-16(15)25-18/h2-8,11,14H,9-10H2,1H3,(H2,23,24,25). The number of hydrogen-bond acceptors (Lipinski definition) is 4. The predicted octanol–water partition coefficient (Wildman–Crippen LogP) is 4.69. The number of benzene rings is 2. The molecule has 8 heteroatoms. The molecule has 1 atom stereocenters. The van der Waals surface area contributed by atoms with Gasteiger partial charge < -0.3 is 15.0 Å². The van der Waals surface area contributed by atoms with Crippen LogP contribution in [0.4, 0.5) is 19.1 Å². The highest BCUT2D eigenvalue weighted by Gasteiger charge is 2.31. The van der Waals surface area contributed by atoms with Crippen molar-refractivity contribution in [2.45, 2.75) is 25.1 Å². The van der Waals surface area contributed by atoms with E-state index in [4.69, 9.17) is 0 Å². The number of nitrogens with zero attached hydrogens (tertiary/aromatic N) is 1. The Hall–Kier alpha value is -3.03. The summed E-state index contributed by atoms with van der Waals surface area (Å²) in [6.45, 7) is 0. The molecule has 142 valence electrons. The van der Waals surface area contributed by atoms with Crippen molar-refractivity contribution in [1.82, 2.24) is 9.97 Å². The molecule has 3 rings (SSSR count). The van der Waals surface area contributed by atoms with Crippen LogP contribution in [-0.2, 0) is 15.7 Å². The Bertz CT molecular complexity index is 904. The second-order valence-corrected chi connectivity index (χ2v) is 6.04. The number of rotatable bonds is 6. The first kappa shape index (κ1) is 18.8.